The number of nitrogens with one attached hydrogen (secondary N) is 1. The molecule has 4 aromatic rings. The molecule has 220 valence electrons. The van der Waals surface area contributed by atoms with E-state index in [0.29, 0.717) is 6.04 Å². The topological polar surface area (TPSA) is 71.2 Å². The minimum absolute atomic E-state index is 0.0452. The lowest BCUT2D eigenvalue weighted by Crippen LogP contribution is -2.50. The van der Waals surface area contributed by atoms with Gasteiger partial charge in [0.2, 0.25) is 0 Å². The number of benzene rings is 2. The van der Waals surface area contributed by atoms with Crippen molar-refractivity contribution < 1.29 is 4.79 Å². The summed E-state index contributed by atoms with van der Waals surface area (Å²) in [7, 11) is 0. The van der Waals surface area contributed by atoms with Crippen LogP contribution in [-0.4, -0.2) is 62.6 Å². The minimum atomic E-state index is -0.199. The van der Waals surface area contributed by atoms with E-state index in [4.69, 9.17) is 5.10 Å². The fraction of sp³-hybridized carbons (Fsp3) is 0.441. The normalized spacial score (nSPS) is 18.0. The summed E-state index contributed by atoms with van der Waals surface area (Å²) >= 11 is 0. The van der Waals surface area contributed by atoms with Crippen molar-refractivity contribution in [3.63, 3.8) is 0 Å². The standard InChI is InChI=1S/C34H43N7O/c1-6-40-13-11-33(37-40)28-17-26(16-27(18-28)29-20-35-41(21-29)23(2)3)25(5)36-34(42)32-19-30(10-9-24(32)4)39-15-14-38-12-7-8-31(38)22-39/h9-11,13,16-21,23,25,31H,6-8,12,14-15,22H2,1-5H3,(H,36,42)/t25-,31-/m1/s1. The number of carbonyl (C=O) groups excluding carboxylic acids is 1. The van der Waals surface area contributed by atoms with Crippen LogP contribution in [0.15, 0.2) is 61.1 Å². The summed E-state index contributed by atoms with van der Waals surface area (Å²) in [6, 6.07) is 15.6. The highest BCUT2D eigenvalue weighted by atomic mass is 16.1. The first-order chi connectivity index (χ1) is 20.3. The predicted molar refractivity (Wildman–Crippen MR) is 169 cm³/mol. The molecular formula is C34H43N7O. The maximum atomic E-state index is 13.7. The van der Waals surface area contributed by atoms with E-state index in [9.17, 15) is 4.79 Å². The van der Waals surface area contributed by atoms with Gasteiger partial charge in [0.25, 0.3) is 5.91 Å². The Labute approximate surface area is 249 Å². The van der Waals surface area contributed by atoms with E-state index in [1.165, 1.54) is 19.4 Å². The Morgan fingerprint density at radius 1 is 1.02 bits per heavy atom. The molecule has 0 spiro atoms. The van der Waals surface area contributed by atoms with Crippen LogP contribution in [-0.2, 0) is 6.54 Å². The number of nitrogens with zero attached hydrogens (tertiary/aromatic N) is 6. The van der Waals surface area contributed by atoms with E-state index in [0.717, 1.165) is 70.9 Å². The molecule has 2 fully saturated rings. The number of amides is 1. The average Bonchev–Trinajstić information content (AvgIpc) is 3.77. The van der Waals surface area contributed by atoms with Crippen LogP contribution in [0.1, 0.15) is 74.1 Å². The molecule has 1 amide bonds. The molecule has 2 aromatic carbocycles. The molecule has 8 heteroatoms. The van der Waals surface area contributed by atoms with Crippen LogP contribution in [0, 0.1) is 6.92 Å². The highest BCUT2D eigenvalue weighted by Gasteiger charge is 2.31. The van der Waals surface area contributed by atoms with Crippen molar-refractivity contribution >= 4 is 11.6 Å². The largest absolute Gasteiger partial charge is 0.369 e. The van der Waals surface area contributed by atoms with Crippen LogP contribution >= 0.6 is 0 Å². The minimum Gasteiger partial charge on any atom is -0.369 e. The Morgan fingerprint density at radius 2 is 1.86 bits per heavy atom. The Morgan fingerprint density at radius 3 is 2.62 bits per heavy atom. The molecule has 0 aliphatic carbocycles. The number of aromatic nitrogens is 4. The smallest absolute Gasteiger partial charge is 0.252 e. The molecule has 42 heavy (non-hydrogen) atoms. The first-order valence-electron chi connectivity index (χ1n) is 15.4. The molecule has 2 aliphatic heterocycles. The van der Waals surface area contributed by atoms with Crippen molar-refractivity contribution in [1.82, 2.24) is 29.8 Å². The predicted octanol–water partition coefficient (Wildman–Crippen LogP) is 6.10. The van der Waals surface area contributed by atoms with Gasteiger partial charge in [-0.1, -0.05) is 6.07 Å². The second kappa shape index (κ2) is 11.8. The van der Waals surface area contributed by atoms with Gasteiger partial charge < -0.3 is 10.2 Å². The molecule has 8 nitrogen and oxygen atoms in total. The Bertz CT molecular complexity index is 1570. The summed E-state index contributed by atoms with van der Waals surface area (Å²) in [4.78, 5) is 18.8. The number of rotatable bonds is 8. The maximum Gasteiger partial charge on any atom is 0.252 e. The second-order valence-electron chi connectivity index (χ2n) is 12.2. The monoisotopic (exact) mass is 565 g/mol. The van der Waals surface area contributed by atoms with Gasteiger partial charge in [0.05, 0.1) is 17.9 Å². The highest BCUT2D eigenvalue weighted by molar-refractivity contribution is 5.97. The van der Waals surface area contributed by atoms with Crippen LogP contribution in [0.5, 0.6) is 0 Å². The summed E-state index contributed by atoms with van der Waals surface area (Å²) in [5, 5.41) is 12.6. The van der Waals surface area contributed by atoms with Gasteiger partial charge in [-0.15, -0.1) is 0 Å². The highest BCUT2D eigenvalue weighted by Crippen LogP contribution is 2.31. The van der Waals surface area contributed by atoms with Crippen LogP contribution in [0.4, 0.5) is 5.69 Å². The molecular weight excluding hydrogens is 522 g/mol. The quantitative estimate of drug-likeness (QED) is 0.280. The summed E-state index contributed by atoms with van der Waals surface area (Å²) in [6.45, 7) is 15.6. The van der Waals surface area contributed by atoms with Crippen molar-refractivity contribution in [3.8, 4) is 22.4 Å². The number of fused-ring (bicyclic) bond motifs is 1. The second-order valence-corrected chi connectivity index (χ2v) is 12.2. The molecule has 2 saturated heterocycles. The number of hydrogen-bond donors (Lipinski definition) is 1. The molecule has 0 radical (unpaired) electrons. The molecule has 2 aliphatic rings. The van der Waals surface area contributed by atoms with Crippen LogP contribution in [0.25, 0.3) is 22.4 Å². The third-order valence-corrected chi connectivity index (χ3v) is 8.95. The lowest BCUT2D eigenvalue weighted by atomic mass is 9.96. The first kappa shape index (κ1) is 28.2. The van der Waals surface area contributed by atoms with Gasteiger partial charge in [-0.05, 0) is 107 Å². The number of hydrogen-bond acceptors (Lipinski definition) is 5. The SMILES string of the molecule is CCn1ccc(-c2cc(-c3cnn(C(C)C)c3)cc([C@@H](C)NC(=O)c3cc(N4CCN5CCC[C@@H]5C4)ccc3C)c2)n1. The fourth-order valence-electron chi connectivity index (χ4n) is 6.31. The summed E-state index contributed by atoms with van der Waals surface area (Å²) < 4.78 is 3.91. The number of anilines is 1. The van der Waals surface area contributed by atoms with Gasteiger partial charge in [0.15, 0.2) is 0 Å². The molecule has 0 bridgehead atoms. The molecule has 0 saturated carbocycles. The summed E-state index contributed by atoms with van der Waals surface area (Å²) in [5.41, 5.74) is 7.95. The zero-order chi connectivity index (χ0) is 29.4. The third kappa shape index (κ3) is 5.73. The van der Waals surface area contributed by atoms with Crippen molar-refractivity contribution in [2.24, 2.45) is 0 Å². The van der Waals surface area contributed by atoms with Crippen molar-refractivity contribution in [1.29, 1.82) is 0 Å². The number of carbonyl (C=O) groups is 1. The average molecular weight is 566 g/mol. The number of aryl methyl sites for hydroxylation is 2. The number of piperazine rings is 1. The van der Waals surface area contributed by atoms with Crippen molar-refractivity contribution in [2.45, 2.75) is 72.1 Å². The van der Waals surface area contributed by atoms with Gasteiger partial charge in [0, 0.05) is 73.0 Å². The molecule has 6 rings (SSSR count). The van der Waals surface area contributed by atoms with E-state index in [-0.39, 0.29) is 18.0 Å². The Hall–Kier alpha value is -3.91. The van der Waals surface area contributed by atoms with Gasteiger partial charge >= 0.3 is 0 Å². The van der Waals surface area contributed by atoms with E-state index < -0.39 is 0 Å². The van der Waals surface area contributed by atoms with E-state index in [1.54, 1.807) is 0 Å². The van der Waals surface area contributed by atoms with E-state index in [1.807, 2.05) is 34.7 Å². The van der Waals surface area contributed by atoms with Gasteiger partial charge in [-0.25, -0.2) is 0 Å². The van der Waals surface area contributed by atoms with Crippen LogP contribution in [0.2, 0.25) is 0 Å². The molecule has 1 N–H and O–H groups in total. The van der Waals surface area contributed by atoms with Crippen molar-refractivity contribution in [2.75, 3.05) is 31.1 Å². The van der Waals surface area contributed by atoms with Gasteiger partial charge in [-0.2, -0.15) is 10.2 Å². The molecule has 2 atom stereocenters. The molecule has 0 unspecified atom stereocenters. The molecule has 4 heterocycles. The Kier molecular flexibility index (Phi) is 7.90. The van der Waals surface area contributed by atoms with E-state index >= 15 is 0 Å². The lowest BCUT2D eigenvalue weighted by Gasteiger charge is -2.39. The summed E-state index contributed by atoms with van der Waals surface area (Å²) in [5.74, 6) is -0.0452. The van der Waals surface area contributed by atoms with Crippen LogP contribution in [0.3, 0.4) is 0 Å². The van der Waals surface area contributed by atoms with Gasteiger partial charge in [0.1, 0.15) is 0 Å². The Balaban J connectivity index is 1.27. The zero-order valence-electron chi connectivity index (χ0n) is 25.5. The third-order valence-electron chi connectivity index (χ3n) is 8.95. The first-order valence-corrected chi connectivity index (χ1v) is 15.4. The summed E-state index contributed by atoms with van der Waals surface area (Å²) in [6.07, 6.45) is 8.57. The fourth-order valence-corrected chi connectivity index (χ4v) is 6.31. The van der Waals surface area contributed by atoms with Crippen LogP contribution < -0.4 is 10.2 Å². The lowest BCUT2D eigenvalue weighted by molar-refractivity contribution is 0.0939. The van der Waals surface area contributed by atoms with Gasteiger partial charge in [-0.3, -0.25) is 19.1 Å². The van der Waals surface area contributed by atoms with Crippen molar-refractivity contribution in [3.05, 3.63) is 77.7 Å². The molecule has 2 aromatic heterocycles. The maximum absolute atomic E-state index is 13.7. The zero-order valence-corrected chi connectivity index (χ0v) is 25.5. The van der Waals surface area contributed by atoms with E-state index in [2.05, 4.69) is 90.5 Å².